The third-order valence-corrected chi connectivity index (χ3v) is 4.76. The Hall–Kier alpha value is -3.12. The van der Waals surface area contributed by atoms with Gasteiger partial charge in [0.25, 0.3) is 0 Å². The maximum absolute atomic E-state index is 3.33. The fourth-order valence-electron chi connectivity index (χ4n) is 3.57. The normalized spacial score (nSPS) is 11.3. The molecule has 0 aromatic heterocycles. The van der Waals surface area contributed by atoms with Gasteiger partial charge >= 0.3 is 0 Å². The fraction of sp³-hybridized carbons (Fsp3) is 0. The van der Waals surface area contributed by atoms with Crippen molar-refractivity contribution in [1.82, 2.24) is 0 Å². The van der Waals surface area contributed by atoms with Gasteiger partial charge in [-0.25, -0.2) is 0 Å². The minimum absolute atomic E-state index is 1.16. The molecule has 0 atom stereocenters. The first-order chi connectivity index (χ1) is 11.9. The van der Waals surface area contributed by atoms with Gasteiger partial charge in [0.2, 0.25) is 0 Å². The molecule has 5 aromatic rings. The van der Waals surface area contributed by atoms with E-state index < -0.39 is 0 Å². The topological polar surface area (TPSA) is 0 Å². The molecule has 0 amide bonds. The smallest absolute Gasteiger partial charge is 0.00990 e. The number of benzene rings is 5. The Balaban J connectivity index is 1.85. The zero-order chi connectivity index (χ0) is 15.9. The standard InChI is InChI=1S/C24H15/c1-3-9-21-17(6-1)8-5-11-23(21)20-15-14-19-13-12-18-7-2-4-10-22(18)24(19)16-20/h1-5,7-16H. The van der Waals surface area contributed by atoms with Crippen molar-refractivity contribution < 1.29 is 0 Å². The van der Waals surface area contributed by atoms with E-state index in [2.05, 4.69) is 91.0 Å². The summed E-state index contributed by atoms with van der Waals surface area (Å²) in [5.74, 6) is 0. The lowest BCUT2D eigenvalue weighted by molar-refractivity contribution is 1.68. The van der Waals surface area contributed by atoms with E-state index in [1.165, 1.54) is 38.1 Å². The molecule has 0 N–H and O–H groups in total. The SMILES string of the molecule is [c]1cccc2c(-c3ccc4ccc5ccccc5c4c3)cccc12. The van der Waals surface area contributed by atoms with Crippen molar-refractivity contribution in [2.45, 2.75) is 0 Å². The van der Waals surface area contributed by atoms with Crippen LogP contribution in [0.25, 0.3) is 43.4 Å². The number of fused-ring (bicyclic) bond motifs is 4. The van der Waals surface area contributed by atoms with Crippen LogP contribution in [0.15, 0.2) is 91.0 Å². The molecule has 5 rings (SSSR count). The van der Waals surface area contributed by atoms with Crippen LogP contribution < -0.4 is 0 Å². The minimum Gasteiger partial charge on any atom is -0.0616 e. The number of hydrogen-bond acceptors (Lipinski definition) is 0. The lowest BCUT2D eigenvalue weighted by atomic mass is 9.94. The van der Waals surface area contributed by atoms with E-state index in [0.29, 0.717) is 0 Å². The van der Waals surface area contributed by atoms with E-state index in [9.17, 15) is 0 Å². The summed E-state index contributed by atoms with van der Waals surface area (Å²) in [5.41, 5.74) is 2.52. The van der Waals surface area contributed by atoms with E-state index in [1.807, 2.05) is 6.07 Å². The van der Waals surface area contributed by atoms with Gasteiger partial charge in [-0.3, -0.25) is 0 Å². The molecule has 0 aliphatic heterocycles. The van der Waals surface area contributed by atoms with Gasteiger partial charge in [0, 0.05) is 0 Å². The predicted octanol–water partition coefficient (Wildman–Crippen LogP) is 6.61. The summed E-state index contributed by atoms with van der Waals surface area (Å²) < 4.78 is 0. The summed E-state index contributed by atoms with van der Waals surface area (Å²) in [5, 5.41) is 7.59. The van der Waals surface area contributed by atoms with Crippen LogP contribution in [0.2, 0.25) is 0 Å². The molecule has 0 heterocycles. The summed E-state index contributed by atoms with van der Waals surface area (Å²) in [6.45, 7) is 0. The molecule has 0 heteroatoms. The zero-order valence-corrected chi connectivity index (χ0v) is 13.2. The van der Waals surface area contributed by atoms with Gasteiger partial charge in [0.1, 0.15) is 0 Å². The molecular weight excluding hydrogens is 288 g/mol. The number of rotatable bonds is 1. The first-order valence-electron chi connectivity index (χ1n) is 8.21. The Bertz CT molecular complexity index is 1190. The first kappa shape index (κ1) is 13.3. The Morgan fingerprint density at radius 1 is 0.542 bits per heavy atom. The Morgan fingerprint density at radius 3 is 2.29 bits per heavy atom. The quantitative estimate of drug-likeness (QED) is 0.305. The molecule has 0 bridgehead atoms. The lowest BCUT2D eigenvalue weighted by Gasteiger charge is -2.10. The Labute approximate surface area is 141 Å². The molecule has 24 heavy (non-hydrogen) atoms. The van der Waals surface area contributed by atoms with Crippen molar-refractivity contribution in [2.24, 2.45) is 0 Å². The molecule has 0 aliphatic carbocycles. The molecular formula is C24H15. The average molecular weight is 303 g/mol. The highest BCUT2D eigenvalue weighted by Crippen LogP contribution is 2.33. The molecule has 1 radical (unpaired) electrons. The van der Waals surface area contributed by atoms with Crippen LogP contribution in [0.1, 0.15) is 0 Å². The van der Waals surface area contributed by atoms with E-state index >= 15 is 0 Å². The summed E-state index contributed by atoms with van der Waals surface area (Å²) in [4.78, 5) is 0. The monoisotopic (exact) mass is 303 g/mol. The van der Waals surface area contributed by atoms with Crippen LogP contribution in [0.4, 0.5) is 0 Å². The second-order valence-corrected chi connectivity index (χ2v) is 6.16. The van der Waals surface area contributed by atoms with Crippen LogP contribution in [0.5, 0.6) is 0 Å². The van der Waals surface area contributed by atoms with E-state index in [1.54, 1.807) is 0 Å². The van der Waals surface area contributed by atoms with Gasteiger partial charge in [-0.2, -0.15) is 0 Å². The average Bonchev–Trinajstić information content (AvgIpc) is 2.67. The minimum atomic E-state index is 1.16. The predicted molar refractivity (Wildman–Crippen MR) is 103 cm³/mol. The van der Waals surface area contributed by atoms with Crippen LogP contribution in [0.3, 0.4) is 0 Å². The fourth-order valence-corrected chi connectivity index (χ4v) is 3.57. The third-order valence-electron chi connectivity index (χ3n) is 4.76. The Kier molecular flexibility index (Phi) is 2.89. The van der Waals surface area contributed by atoms with Crippen molar-refractivity contribution in [3.05, 3.63) is 97.1 Å². The summed E-state index contributed by atoms with van der Waals surface area (Å²) in [7, 11) is 0. The first-order valence-corrected chi connectivity index (χ1v) is 8.21. The second kappa shape index (κ2) is 5.21. The molecule has 5 aromatic carbocycles. The second-order valence-electron chi connectivity index (χ2n) is 6.16. The van der Waals surface area contributed by atoms with Gasteiger partial charge in [-0.15, -0.1) is 0 Å². The van der Waals surface area contributed by atoms with Gasteiger partial charge in [-0.1, -0.05) is 84.9 Å². The van der Waals surface area contributed by atoms with E-state index in [0.717, 1.165) is 5.39 Å². The molecule has 0 nitrogen and oxygen atoms in total. The molecule has 0 saturated carbocycles. The molecule has 0 unspecified atom stereocenters. The van der Waals surface area contributed by atoms with Gasteiger partial charge in [0.15, 0.2) is 0 Å². The van der Waals surface area contributed by atoms with Crippen molar-refractivity contribution in [3.8, 4) is 11.1 Å². The van der Waals surface area contributed by atoms with Crippen LogP contribution in [0, 0.1) is 6.07 Å². The molecule has 0 spiro atoms. The van der Waals surface area contributed by atoms with Crippen LogP contribution in [-0.2, 0) is 0 Å². The zero-order valence-electron chi connectivity index (χ0n) is 13.2. The van der Waals surface area contributed by atoms with Gasteiger partial charge < -0.3 is 0 Å². The van der Waals surface area contributed by atoms with Crippen molar-refractivity contribution in [1.29, 1.82) is 0 Å². The van der Waals surface area contributed by atoms with Crippen LogP contribution >= 0.6 is 0 Å². The molecule has 0 saturated heterocycles. The van der Waals surface area contributed by atoms with E-state index in [-0.39, 0.29) is 0 Å². The van der Waals surface area contributed by atoms with Gasteiger partial charge in [0.05, 0.1) is 0 Å². The summed E-state index contributed by atoms with van der Waals surface area (Å²) in [6.07, 6.45) is 0. The third kappa shape index (κ3) is 2.00. The number of hydrogen-bond donors (Lipinski definition) is 0. The maximum atomic E-state index is 3.33. The highest BCUT2D eigenvalue weighted by molar-refractivity contribution is 6.09. The molecule has 111 valence electrons. The van der Waals surface area contributed by atoms with Crippen LogP contribution in [-0.4, -0.2) is 0 Å². The highest BCUT2D eigenvalue weighted by Gasteiger charge is 2.06. The van der Waals surface area contributed by atoms with Gasteiger partial charge in [-0.05, 0) is 55.6 Å². The van der Waals surface area contributed by atoms with Crippen molar-refractivity contribution >= 4 is 32.3 Å². The van der Waals surface area contributed by atoms with Crippen molar-refractivity contribution in [2.75, 3.05) is 0 Å². The summed E-state index contributed by atoms with van der Waals surface area (Å²) in [6, 6.07) is 35.7. The molecule has 0 aliphatic rings. The highest BCUT2D eigenvalue weighted by atomic mass is 14.1. The summed E-state index contributed by atoms with van der Waals surface area (Å²) >= 11 is 0. The maximum Gasteiger partial charge on any atom is -0.00990 e. The molecule has 0 fully saturated rings. The van der Waals surface area contributed by atoms with Crippen molar-refractivity contribution in [3.63, 3.8) is 0 Å². The Morgan fingerprint density at radius 2 is 1.33 bits per heavy atom. The van der Waals surface area contributed by atoms with E-state index in [4.69, 9.17) is 0 Å². The lowest BCUT2D eigenvalue weighted by Crippen LogP contribution is -1.83. The largest absolute Gasteiger partial charge is 0.0616 e.